The smallest absolute Gasteiger partial charge is 0.244 e. The molecule has 8 nitrogen and oxygen atoms in total. The summed E-state index contributed by atoms with van der Waals surface area (Å²) in [4.78, 5) is 43.3. The number of carbonyl (C=O) groups excluding carboxylic acids is 3. The standard InChI is InChI=1S/C28H41N3O5S/c1-7-36-20-10-8-18(9-11-20)30-25(33)22-21-13-17(6)28(37-21)23(22)27(35)31(19(14-32)12-15(2)3)24(28)26(34)29-16(4)5/h8-11,15-17,19,21-24,32H,7,12-14H2,1-6H3,(H,29,34)(H,30,33)/t17?,19-,21+,22-,23+,24?,28?/m1/s1. The molecule has 204 valence electrons. The van der Waals surface area contributed by atoms with E-state index < -0.39 is 28.7 Å². The Balaban J connectivity index is 1.69. The first-order valence-electron chi connectivity index (χ1n) is 13.5. The predicted octanol–water partition coefficient (Wildman–Crippen LogP) is 3.29. The molecular formula is C28H41N3O5S. The molecule has 2 bridgehead atoms. The first kappa shape index (κ1) is 27.8. The van der Waals surface area contributed by atoms with Gasteiger partial charge in [0.2, 0.25) is 17.7 Å². The maximum Gasteiger partial charge on any atom is 0.244 e. The minimum Gasteiger partial charge on any atom is -0.494 e. The van der Waals surface area contributed by atoms with Crippen molar-refractivity contribution in [3.63, 3.8) is 0 Å². The Labute approximate surface area is 224 Å². The average molecular weight is 532 g/mol. The normalized spacial score (nSPS) is 31.1. The van der Waals surface area contributed by atoms with Gasteiger partial charge in [0.15, 0.2) is 0 Å². The van der Waals surface area contributed by atoms with E-state index in [2.05, 4.69) is 17.6 Å². The Morgan fingerprint density at radius 2 is 1.86 bits per heavy atom. The highest BCUT2D eigenvalue weighted by Gasteiger charge is 2.76. The molecule has 3 N–H and O–H groups in total. The zero-order chi connectivity index (χ0) is 27.1. The van der Waals surface area contributed by atoms with Crippen LogP contribution in [0.2, 0.25) is 0 Å². The van der Waals surface area contributed by atoms with E-state index in [0.717, 1.165) is 12.2 Å². The van der Waals surface area contributed by atoms with Crippen LogP contribution in [0.5, 0.6) is 5.75 Å². The molecule has 3 heterocycles. The van der Waals surface area contributed by atoms with E-state index in [1.165, 1.54) is 0 Å². The van der Waals surface area contributed by atoms with Crippen LogP contribution in [0.4, 0.5) is 5.69 Å². The van der Waals surface area contributed by atoms with Crippen LogP contribution >= 0.6 is 11.8 Å². The van der Waals surface area contributed by atoms with Crippen LogP contribution in [0.15, 0.2) is 24.3 Å². The monoisotopic (exact) mass is 531 g/mol. The summed E-state index contributed by atoms with van der Waals surface area (Å²) in [6.07, 6.45) is 1.35. The number of carbonyl (C=O) groups is 3. The minimum atomic E-state index is -0.725. The Morgan fingerprint density at radius 1 is 1.19 bits per heavy atom. The van der Waals surface area contributed by atoms with Gasteiger partial charge in [0.05, 0.1) is 35.8 Å². The van der Waals surface area contributed by atoms with Crippen molar-refractivity contribution in [3.05, 3.63) is 24.3 Å². The van der Waals surface area contributed by atoms with Crippen molar-refractivity contribution in [1.82, 2.24) is 10.2 Å². The second-order valence-electron chi connectivity index (χ2n) is 11.4. The lowest BCUT2D eigenvalue weighted by Gasteiger charge is -2.40. The molecule has 1 aromatic carbocycles. The van der Waals surface area contributed by atoms with Crippen molar-refractivity contribution in [2.75, 3.05) is 18.5 Å². The molecule has 3 aliphatic rings. The molecule has 0 aliphatic carbocycles. The fourth-order valence-corrected chi connectivity index (χ4v) is 9.07. The molecule has 1 spiro atoms. The molecule has 0 aromatic heterocycles. The molecule has 3 unspecified atom stereocenters. The first-order chi connectivity index (χ1) is 17.5. The number of thioether (sulfide) groups is 1. The zero-order valence-corrected chi connectivity index (χ0v) is 23.5. The van der Waals surface area contributed by atoms with Gasteiger partial charge < -0.3 is 25.4 Å². The van der Waals surface area contributed by atoms with Crippen molar-refractivity contribution in [2.24, 2.45) is 23.7 Å². The van der Waals surface area contributed by atoms with Gasteiger partial charge in [-0.05, 0) is 69.7 Å². The number of hydrogen-bond acceptors (Lipinski definition) is 6. The molecule has 3 amide bonds. The van der Waals surface area contributed by atoms with Gasteiger partial charge in [-0.15, -0.1) is 11.8 Å². The fraction of sp³-hybridized carbons (Fsp3) is 0.679. The highest BCUT2D eigenvalue weighted by Crippen LogP contribution is 2.69. The number of anilines is 1. The van der Waals surface area contributed by atoms with Crippen molar-refractivity contribution < 1.29 is 24.2 Å². The van der Waals surface area contributed by atoms with Crippen LogP contribution in [0.3, 0.4) is 0 Å². The Bertz CT molecular complexity index is 1020. The van der Waals surface area contributed by atoms with Gasteiger partial charge in [0.1, 0.15) is 11.8 Å². The summed E-state index contributed by atoms with van der Waals surface area (Å²) in [5.41, 5.74) is 0.646. The van der Waals surface area contributed by atoms with E-state index >= 15 is 0 Å². The summed E-state index contributed by atoms with van der Waals surface area (Å²) in [5, 5.41) is 16.4. The maximum atomic E-state index is 14.2. The average Bonchev–Trinajstić information content (AvgIpc) is 3.42. The number of amides is 3. The zero-order valence-electron chi connectivity index (χ0n) is 22.7. The van der Waals surface area contributed by atoms with Crippen LogP contribution in [-0.4, -0.2) is 69.1 Å². The molecule has 7 atom stereocenters. The van der Waals surface area contributed by atoms with Crippen LogP contribution in [-0.2, 0) is 14.4 Å². The molecule has 9 heteroatoms. The number of hydrogen-bond donors (Lipinski definition) is 3. The summed E-state index contributed by atoms with van der Waals surface area (Å²) >= 11 is 1.65. The van der Waals surface area contributed by atoms with E-state index in [4.69, 9.17) is 4.74 Å². The van der Waals surface area contributed by atoms with Crippen molar-refractivity contribution in [3.8, 4) is 5.75 Å². The molecule has 3 saturated heterocycles. The largest absolute Gasteiger partial charge is 0.494 e. The summed E-state index contributed by atoms with van der Waals surface area (Å²) < 4.78 is 4.79. The lowest BCUT2D eigenvalue weighted by atomic mass is 9.65. The number of likely N-dealkylation sites (tertiary alicyclic amines) is 1. The van der Waals surface area contributed by atoms with E-state index in [9.17, 15) is 19.5 Å². The number of rotatable bonds is 10. The summed E-state index contributed by atoms with van der Waals surface area (Å²) in [6.45, 7) is 12.3. The summed E-state index contributed by atoms with van der Waals surface area (Å²) in [7, 11) is 0. The lowest BCUT2D eigenvalue weighted by molar-refractivity contribution is -0.142. The van der Waals surface area contributed by atoms with Crippen LogP contribution in [0.25, 0.3) is 0 Å². The third-order valence-corrected chi connectivity index (χ3v) is 10.0. The highest BCUT2D eigenvalue weighted by atomic mass is 32.2. The Kier molecular flexibility index (Phi) is 8.14. The number of ether oxygens (including phenoxy) is 1. The maximum absolute atomic E-state index is 14.2. The van der Waals surface area contributed by atoms with E-state index in [1.54, 1.807) is 28.8 Å². The number of benzene rings is 1. The van der Waals surface area contributed by atoms with Gasteiger partial charge in [-0.1, -0.05) is 20.8 Å². The van der Waals surface area contributed by atoms with Gasteiger partial charge >= 0.3 is 0 Å². The van der Waals surface area contributed by atoms with Gasteiger partial charge in [-0.3, -0.25) is 14.4 Å². The summed E-state index contributed by atoms with van der Waals surface area (Å²) in [5.74, 6) is -0.685. The molecule has 37 heavy (non-hydrogen) atoms. The number of fused-ring (bicyclic) bond motifs is 1. The predicted molar refractivity (Wildman–Crippen MR) is 145 cm³/mol. The van der Waals surface area contributed by atoms with E-state index in [-0.39, 0.29) is 47.5 Å². The molecule has 4 rings (SSSR count). The Hall–Kier alpha value is -2.26. The van der Waals surface area contributed by atoms with Crippen molar-refractivity contribution in [2.45, 2.75) is 82.5 Å². The lowest BCUT2D eigenvalue weighted by Crippen LogP contribution is -2.59. The third-order valence-electron chi connectivity index (χ3n) is 7.95. The first-order valence-corrected chi connectivity index (χ1v) is 14.4. The second kappa shape index (κ2) is 10.8. The molecule has 3 fully saturated rings. The SMILES string of the molecule is CCOc1ccc(NC(=O)[C@@H]2[C@@H]3CC(C)C4(S3)C(C(=O)NC(C)C)N([C@@H](CO)CC(C)C)C(=O)[C@H]24)cc1. The quantitative estimate of drug-likeness (QED) is 0.428. The number of nitrogens with zero attached hydrogens (tertiary/aromatic N) is 1. The molecule has 1 aromatic rings. The van der Waals surface area contributed by atoms with Gasteiger partial charge in [-0.2, -0.15) is 0 Å². The third kappa shape index (κ3) is 4.85. The summed E-state index contributed by atoms with van der Waals surface area (Å²) in [6, 6.07) is 5.93. The molecule has 0 radical (unpaired) electrons. The number of aliphatic hydroxyl groups excluding tert-OH is 1. The van der Waals surface area contributed by atoms with Crippen LogP contribution in [0, 0.1) is 23.7 Å². The minimum absolute atomic E-state index is 0.0409. The molecular weight excluding hydrogens is 490 g/mol. The highest BCUT2D eigenvalue weighted by molar-refractivity contribution is 8.02. The van der Waals surface area contributed by atoms with E-state index in [0.29, 0.717) is 18.7 Å². The topological polar surface area (TPSA) is 108 Å². The van der Waals surface area contributed by atoms with Crippen molar-refractivity contribution >= 4 is 35.2 Å². The van der Waals surface area contributed by atoms with Crippen molar-refractivity contribution in [1.29, 1.82) is 0 Å². The van der Waals surface area contributed by atoms with Gasteiger partial charge in [0.25, 0.3) is 0 Å². The second-order valence-corrected chi connectivity index (χ2v) is 12.9. The van der Waals surface area contributed by atoms with Crippen LogP contribution < -0.4 is 15.4 Å². The molecule has 3 aliphatic heterocycles. The van der Waals surface area contributed by atoms with E-state index in [1.807, 2.05) is 46.8 Å². The molecule has 0 saturated carbocycles. The number of nitrogens with one attached hydrogen (secondary N) is 2. The van der Waals surface area contributed by atoms with Gasteiger partial charge in [-0.25, -0.2) is 0 Å². The fourth-order valence-electron chi connectivity index (χ4n) is 6.66. The van der Waals surface area contributed by atoms with Gasteiger partial charge in [0, 0.05) is 17.0 Å². The number of aliphatic hydroxyl groups is 1. The van der Waals surface area contributed by atoms with Crippen LogP contribution in [0.1, 0.15) is 54.4 Å². The Morgan fingerprint density at radius 3 is 2.43 bits per heavy atom.